The van der Waals surface area contributed by atoms with Crippen LogP contribution in [0, 0.1) is 0 Å². The number of hydrogen-bond donors (Lipinski definition) is 2. The van der Waals surface area contributed by atoms with Crippen molar-refractivity contribution in [3.05, 3.63) is 28.8 Å². The largest absolute Gasteiger partial charge is 0.444 e. The maximum Gasteiger partial charge on any atom is 0.411 e. The molecule has 0 aliphatic carbocycles. The first-order valence-electron chi connectivity index (χ1n) is 10.7. The average molecular weight is 453 g/mol. The van der Waals surface area contributed by atoms with Gasteiger partial charge in [0.2, 0.25) is 5.91 Å². The maximum atomic E-state index is 12.9. The van der Waals surface area contributed by atoms with Crippen LogP contribution in [0.4, 0.5) is 10.5 Å². The van der Waals surface area contributed by atoms with Crippen molar-refractivity contribution in [2.45, 2.75) is 51.5 Å². The van der Waals surface area contributed by atoms with Gasteiger partial charge in [0.05, 0.1) is 12.6 Å². The average Bonchev–Trinajstić information content (AvgIpc) is 3.06. The summed E-state index contributed by atoms with van der Waals surface area (Å²) in [7, 11) is 2.12. The summed E-state index contributed by atoms with van der Waals surface area (Å²) >= 11 is 6.48. The molecule has 0 bridgehead atoms. The molecule has 0 saturated carbocycles. The minimum Gasteiger partial charge on any atom is -0.444 e. The van der Waals surface area contributed by atoms with Gasteiger partial charge in [0, 0.05) is 49.9 Å². The van der Waals surface area contributed by atoms with E-state index in [2.05, 4.69) is 22.2 Å². The Hall–Kier alpha value is -1.87. The fraction of sp³-hybridized carbons (Fsp3) is 0.636. The zero-order valence-corrected chi connectivity index (χ0v) is 19.5. The normalized spacial score (nSPS) is 23.1. The molecule has 172 valence electrons. The third kappa shape index (κ3) is 6.55. The number of carbonyl (C=O) groups excluding carboxylic acids is 2. The van der Waals surface area contributed by atoms with E-state index in [-0.39, 0.29) is 18.9 Å². The van der Waals surface area contributed by atoms with Gasteiger partial charge in [-0.15, -0.1) is 0 Å². The molecule has 9 heteroatoms. The van der Waals surface area contributed by atoms with E-state index in [1.54, 1.807) is 26.8 Å². The monoisotopic (exact) mass is 452 g/mol. The molecule has 0 spiro atoms. The van der Waals surface area contributed by atoms with Crippen LogP contribution in [0.5, 0.6) is 0 Å². The molecular weight excluding hydrogens is 420 g/mol. The van der Waals surface area contributed by atoms with Crippen LogP contribution in [0.3, 0.4) is 0 Å². The Kier molecular flexibility index (Phi) is 7.47. The lowest BCUT2D eigenvalue weighted by atomic mass is 10.1. The van der Waals surface area contributed by atoms with Crippen LogP contribution in [0.2, 0.25) is 5.02 Å². The molecule has 1 aromatic rings. The first-order valence-corrected chi connectivity index (χ1v) is 11.1. The number of likely N-dealkylation sites (N-methyl/N-ethyl adjacent to an activating group) is 1. The zero-order valence-electron chi connectivity index (χ0n) is 18.7. The van der Waals surface area contributed by atoms with E-state index in [9.17, 15) is 14.7 Å². The number of amides is 2. The van der Waals surface area contributed by atoms with Gasteiger partial charge in [-0.25, -0.2) is 4.79 Å². The second-order valence-electron chi connectivity index (χ2n) is 9.41. The highest BCUT2D eigenvalue weighted by Gasteiger charge is 2.41. The fourth-order valence-corrected chi connectivity index (χ4v) is 4.05. The van der Waals surface area contributed by atoms with Gasteiger partial charge in [0.15, 0.2) is 0 Å². The molecule has 2 saturated heterocycles. The summed E-state index contributed by atoms with van der Waals surface area (Å²) in [6, 6.07) is 4.67. The molecule has 0 unspecified atom stereocenters. The number of halogens is 1. The highest BCUT2D eigenvalue weighted by Crippen LogP contribution is 2.26. The summed E-state index contributed by atoms with van der Waals surface area (Å²) in [6.07, 6.45) is -1.21. The number of hydrogen-bond acceptors (Lipinski definition) is 6. The van der Waals surface area contributed by atoms with Crippen LogP contribution < -0.4 is 5.32 Å². The highest BCUT2D eigenvalue weighted by molar-refractivity contribution is 6.31. The van der Waals surface area contributed by atoms with Crippen molar-refractivity contribution < 1.29 is 19.4 Å². The van der Waals surface area contributed by atoms with Crippen LogP contribution in [0.15, 0.2) is 18.2 Å². The van der Waals surface area contributed by atoms with E-state index in [0.29, 0.717) is 10.7 Å². The zero-order chi connectivity index (χ0) is 22.8. The van der Waals surface area contributed by atoms with Crippen molar-refractivity contribution in [3.63, 3.8) is 0 Å². The van der Waals surface area contributed by atoms with Crippen LogP contribution >= 0.6 is 11.6 Å². The Morgan fingerprint density at radius 2 is 1.90 bits per heavy atom. The molecule has 3 rings (SSSR count). The van der Waals surface area contributed by atoms with Crippen LogP contribution in [0.25, 0.3) is 0 Å². The molecule has 0 aromatic heterocycles. The molecule has 31 heavy (non-hydrogen) atoms. The van der Waals surface area contributed by atoms with Crippen molar-refractivity contribution in [1.82, 2.24) is 14.7 Å². The number of nitrogens with zero attached hydrogens (tertiary/aromatic N) is 3. The van der Waals surface area contributed by atoms with Gasteiger partial charge in [-0.05, 0) is 45.5 Å². The topological polar surface area (TPSA) is 85.4 Å². The Morgan fingerprint density at radius 3 is 2.52 bits per heavy atom. The molecule has 0 radical (unpaired) electrons. The first-order chi connectivity index (χ1) is 14.5. The fourth-order valence-electron chi connectivity index (χ4n) is 3.81. The van der Waals surface area contributed by atoms with Crippen LogP contribution in [-0.4, -0.2) is 89.3 Å². The Bertz CT molecular complexity index is 805. The summed E-state index contributed by atoms with van der Waals surface area (Å²) in [5, 5.41) is 13.4. The quantitative estimate of drug-likeness (QED) is 0.729. The van der Waals surface area contributed by atoms with Gasteiger partial charge >= 0.3 is 6.09 Å². The van der Waals surface area contributed by atoms with E-state index in [1.807, 2.05) is 12.1 Å². The Balaban J connectivity index is 1.62. The van der Waals surface area contributed by atoms with E-state index in [0.717, 1.165) is 38.3 Å². The molecule has 2 N–H and O–H groups in total. The standard InChI is InChI=1S/C22H33ClN4O4/c1-22(2,3)31-21(30)27-14-17(28)12-19(27)20(29)24-16-6-5-15(18(23)11-16)13-26-9-7-25(4)8-10-26/h5-6,11,17,19,28H,7-10,12-14H2,1-4H3,(H,24,29)/t17-,19+/m0/s1. The third-order valence-electron chi connectivity index (χ3n) is 5.52. The third-order valence-corrected chi connectivity index (χ3v) is 5.87. The van der Waals surface area contributed by atoms with Gasteiger partial charge in [0.25, 0.3) is 0 Å². The van der Waals surface area contributed by atoms with Crippen molar-refractivity contribution in [3.8, 4) is 0 Å². The summed E-state index contributed by atoms with van der Waals surface area (Å²) in [5.74, 6) is -0.370. The smallest absolute Gasteiger partial charge is 0.411 e. The molecule has 2 aliphatic heterocycles. The summed E-state index contributed by atoms with van der Waals surface area (Å²) < 4.78 is 5.38. The van der Waals surface area contributed by atoms with Gasteiger partial charge in [-0.3, -0.25) is 14.6 Å². The molecule has 2 fully saturated rings. The number of benzene rings is 1. The van der Waals surface area contributed by atoms with Crippen LogP contribution in [0.1, 0.15) is 32.8 Å². The second kappa shape index (κ2) is 9.73. The van der Waals surface area contributed by atoms with Gasteiger partial charge < -0.3 is 20.1 Å². The number of ether oxygens (including phenoxy) is 1. The number of nitrogens with one attached hydrogen (secondary N) is 1. The Morgan fingerprint density at radius 1 is 1.23 bits per heavy atom. The van der Waals surface area contributed by atoms with Gasteiger partial charge in [-0.1, -0.05) is 17.7 Å². The van der Waals surface area contributed by atoms with Gasteiger partial charge in [0.1, 0.15) is 11.6 Å². The number of piperazine rings is 1. The van der Waals surface area contributed by atoms with Crippen LogP contribution in [-0.2, 0) is 16.1 Å². The first kappa shape index (κ1) is 23.8. The van der Waals surface area contributed by atoms with E-state index in [1.165, 1.54) is 4.90 Å². The summed E-state index contributed by atoms with van der Waals surface area (Å²) in [6.45, 7) is 10.2. The van der Waals surface area contributed by atoms with E-state index >= 15 is 0 Å². The molecular formula is C22H33ClN4O4. The highest BCUT2D eigenvalue weighted by atomic mass is 35.5. The maximum absolute atomic E-state index is 12.9. The number of rotatable bonds is 4. The van der Waals surface area contributed by atoms with Crippen molar-refractivity contribution in [2.24, 2.45) is 0 Å². The lowest BCUT2D eigenvalue weighted by Crippen LogP contribution is -2.45. The summed E-state index contributed by atoms with van der Waals surface area (Å²) in [5.41, 5.74) is 0.886. The van der Waals surface area contributed by atoms with Crippen molar-refractivity contribution in [1.29, 1.82) is 0 Å². The lowest BCUT2D eigenvalue weighted by Gasteiger charge is -2.32. The molecule has 2 atom stereocenters. The molecule has 2 heterocycles. The number of β-amino-alcohol motifs (C(OH)–C–C–N with tert-alkyl or cyclic N) is 1. The molecule has 2 aliphatic rings. The number of aliphatic hydroxyl groups excluding tert-OH is 1. The van der Waals surface area contributed by atoms with Crippen molar-refractivity contribution >= 4 is 29.3 Å². The number of likely N-dealkylation sites (tertiary alicyclic amines) is 1. The van der Waals surface area contributed by atoms with Gasteiger partial charge in [-0.2, -0.15) is 0 Å². The summed E-state index contributed by atoms with van der Waals surface area (Å²) in [4.78, 5) is 31.3. The lowest BCUT2D eigenvalue weighted by molar-refractivity contribution is -0.120. The Labute approximate surface area is 189 Å². The predicted molar refractivity (Wildman–Crippen MR) is 120 cm³/mol. The predicted octanol–water partition coefficient (Wildman–Crippen LogP) is 2.40. The number of carbonyl (C=O) groups is 2. The molecule has 8 nitrogen and oxygen atoms in total. The van der Waals surface area contributed by atoms with E-state index in [4.69, 9.17) is 16.3 Å². The number of anilines is 1. The van der Waals surface area contributed by atoms with E-state index < -0.39 is 23.8 Å². The SMILES string of the molecule is CN1CCN(Cc2ccc(NC(=O)[C@H]3C[C@H](O)CN3C(=O)OC(C)(C)C)cc2Cl)CC1. The number of aliphatic hydroxyl groups is 1. The molecule has 2 amide bonds. The second-order valence-corrected chi connectivity index (χ2v) is 9.82. The minimum absolute atomic E-state index is 0.0672. The minimum atomic E-state index is -0.798. The molecule has 1 aromatic carbocycles. The van der Waals surface area contributed by atoms with Crippen molar-refractivity contribution in [2.75, 3.05) is 45.1 Å².